The van der Waals surface area contributed by atoms with E-state index in [4.69, 9.17) is 0 Å². The van der Waals surface area contributed by atoms with Gasteiger partial charge >= 0.3 is 0 Å². The van der Waals surface area contributed by atoms with Crippen LogP contribution in [0.15, 0.2) is 37.4 Å². The molecule has 0 radical (unpaired) electrons. The van der Waals surface area contributed by atoms with E-state index in [1.165, 1.54) is 12.8 Å². The van der Waals surface area contributed by atoms with Crippen LogP contribution in [0.2, 0.25) is 0 Å². The Morgan fingerprint density at radius 2 is 1.30 bits per heavy atom. The third kappa shape index (κ3) is 2.58. The van der Waals surface area contributed by atoms with Crippen LogP contribution in [0.4, 0.5) is 0 Å². The lowest BCUT2D eigenvalue weighted by Gasteiger charge is -2.35. The van der Waals surface area contributed by atoms with Crippen molar-refractivity contribution in [1.82, 2.24) is 9.80 Å². The Morgan fingerprint density at radius 1 is 0.850 bits per heavy atom. The monoisotopic (exact) mass is 268 g/mol. The van der Waals surface area contributed by atoms with Gasteiger partial charge in [-0.15, -0.1) is 13.2 Å². The van der Waals surface area contributed by atoms with Gasteiger partial charge in [0.1, 0.15) is 0 Å². The first-order valence-corrected chi connectivity index (χ1v) is 7.61. The second-order valence-electron chi connectivity index (χ2n) is 5.89. The molecule has 0 saturated heterocycles. The fourth-order valence-corrected chi connectivity index (χ4v) is 3.49. The zero-order valence-corrected chi connectivity index (χ0v) is 12.3. The van der Waals surface area contributed by atoms with Crippen molar-refractivity contribution in [3.63, 3.8) is 0 Å². The summed E-state index contributed by atoms with van der Waals surface area (Å²) in [6, 6.07) is 4.73. The average Bonchev–Trinajstić information content (AvgIpc) is 2.48. The lowest BCUT2D eigenvalue weighted by Crippen LogP contribution is -2.35. The maximum atomic E-state index is 3.87. The van der Waals surface area contributed by atoms with E-state index >= 15 is 0 Å². The number of hydrogen-bond donors (Lipinski definition) is 0. The topological polar surface area (TPSA) is 6.48 Å². The molecule has 2 nitrogen and oxygen atoms in total. The minimum atomic E-state index is 0.999. The van der Waals surface area contributed by atoms with Crippen molar-refractivity contribution < 1.29 is 0 Å². The SMILES string of the molecule is C=CCN1CCc2ccc3c(c2C1)CN(CC=C)CC3. The van der Waals surface area contributed by atoms with Gasteiger partial charge in [-0.3, -0.25) is 9.80 Å². The molecule has 0 N–H and O–H groups in total. The Balaban J connectivity index is 1.89. The molecule has 0 fully saturated rings. The number of hydrogen-bond acceptors (Lipinski definition) is 2. The van der Waals surface area contributed by atoms with Gasteiger partial charge in [0.05, 0.1) is 0 Å². The molecule has 0 bridgehead atoms. The van der Waals surface area contributed by atoms with E-state index in [-0.39, 0.29) is 0 Å². The number of benzene rings is 1. The van der Waals surface area contributed by atoms with Crippen molar-refractivity contribution in [2.45, 2.75) is 25.9 Å². The van der Waals surface area contributed by atoms with Crippen LogP contribution < -0.4 is 0 Å². The highest BCUT2D eigenvalue weighted by Crippen LogP contribution is 2.29. The van der Waals surface area contributed by atoms with Crippen molar-refractivity contribution in [3.8, 4) is 0 Å². The fourth-order valence-electron chi connectivity index (χ4n) is 3.49. The first-order valence-electron chi connectivity index (χ1n) is 7.61. The molecular weight excluding hydrogens is 244 g/mol. The molecule has 0 saturated carbocycles. The van der Waals surface area contributed by atoms with Crippen LogP contribution in [-0.4, -0.2) is 36.0 Å². The van der Waals surface area contributed by atoms with Crippen molar-refractivity contribution in [2.24, 2.45) is 0 Å². The molecule has 1 aromatic rings. The van der Waals surface area contributed by atoms with Crippen LogP contribution in [-0.2, 0) is 25.9 Å². The average molecular weight is 268 g/mol. The second-order valence-corrected chi connectivity index (χ2v) is 5.89. The number of rotatable bonds is 4. The second kappa shape index (κ2) is 5.94. The Morgan fingerprint density at radius 3 is 1.70 bits per heavy atom. The summed E-state index contributed by atoms with van der Waals surface area (Å²) in [4.78, 5) is 5.00. The predicted octanol–water partition coefficient (Wildman–Crippen LogP) is 2.77. The van der Waals surface area contributed by atoms with Crippen LogP contribution in [0.1, 0.15) is 22.3 Å². The van der Waals surface area contributed by atoms with Gasteiger partial charge in [-0.1, -0.05) is 24.3 Å². The highest BCUT2D eigenvalue weighted by Gasteiger charge is 2.24. The van der Waals surface area contributed by atoms with E-state index in [9.17, 15) is 0 Å². The van der Waals surface area contributed by atoms with Gasteiger partial charge in [0.15, 0.2) is 0 Å². The summed E-state index contributed by atoms with van der Waals surface area (Å²) in [5.41, 5.74) is 6.29. The predicted molar refractivity (Wildman–Crippen MR) is 84.8 cm³/mol. The zero-order chi connectivity index (χ0) is 13.9. The van der Waals surface area contributed by atoms with Crippen molar-refractivity contribution >= 4 is 0 Å². The zero-order valence-electron chi connectivity index (χ0n) is 12.3. The normalized spacial score (nSPS) is 19.2. The Hall–Kier alpha value is -1.38. The standard InChI is InChI=1S/C18H24N2/c1-3-9-19-11-7-15-5-6-16-8-12-20(10-4-2)14-18(16)17(15)13-19/h3-6H,1-2,7-14H2. The van der Waals surface area contributed by atoms with Crippen LogP contribution >= 0.6 is 0 Å². The van der Waals surface area contributed by atoms with E-state index in [1.54, 1.807) is 22.3 Å². The van der Waals surface area contributed by atoms with Crippen molar-refractivity contribution in [2.75, 3.05) is 26.2 Å². The summed E-state index contributed by atoms with van der Waals surface area (Å²) in [5, 5.41) is 0. The number of fused-ring (bicyclic) bond motifs is 3. The van der Waals surface area contributed by atoms with E-state index in [0.717, 1.165) is 39.3 Å². The highest BCUT2D eigenvalue weighted by molar-refractivity contribution is 5.43. The molecule has 2 aliphatic heterocycles. The number of nitrogens with zero attached hydrogens (tertiary/aromatic N) is 2. The fraction of sp³-hybridized carbons (Fsp3) is 0.444. The highest BCUT2D eigenvalue weighted by atomic mass is 15.1. The van der Waals surface area contributed by atoms with Gasteiger partial charge in [0.2, 0.25) is 0 Å². The lowest BCUT2D eigenvalue weighted by atomic mass is 9.88. The molecule has 0 atom stereocenters. The molecule has 20 heavy (non-hydrogen) atoms. The van der Waals surface area contributed by atoms with Crippen molar-refractivity contribution in [1.29, 1.82) is 0 Å². The quantitative estimate of drug-likeness (QED) is 0.775. The van der Waals surface area contributed by atoms with Crippen LogP contribution in [0.5, 0.6) is 0 Å². The molecular formula is C18H24N2. The molecule has 0 amide bonds. The molecule has 3 rings (SSSR count). The lowest BCUT2D eigenvalue weighted by molar-refractivity contribution is 0.261. The first-order chi connectivity index (χ1) is 9.81. The van der Waals surface area contributed by atoms with Crippen LogP contribution in [0, 0.1) is 0 Å². The summed E-state index contributed by atoms with van der Waals surface area (Å²) >= 11 is 0. The largest absolute Gasteiger partial charge is 0.295 e. The van der Waals surface area contributed by atoms with Crippen molar-refractivity contribution in [3.05, 3.63) is 59.7 Å². The van der Waals surface area contributed by atoms with E-state index in [0.29, 0.717) is 0 Å². The molecule has 0 unspecified atom stereocenters. The molecule has 0 aliphatic carbocycles. The first kappa shape index (κ1) is 13.6. The summed E-state index contributed by atoms with van der Waals surface area (Å²) in [5.74, 6) is 0. The van der Waals surface area contributed by atoms with E-state index < -0.39 is 0 Å². The van der Waals surface area contributed by atoms with Gasteiger partial charge in [0.25, 0.3) is 0 Å². The summed E-state index contributed by atoms with van der Waals surface area (Å²) in [6.45, 7) is 14.2. The molecule has 0 spiro atoms. The molecule has 0 aromatic heterocycles. The summed E-state index contributed by atoms with van der Waals surface area (Å²) in [6.07, 6.45) is 6.39. The van der Waals surface area contributed by atoms with Gasteiger partial charge in [-0.05, 0) is 35.1 Å². The van der Waals surface area contributed by atoms with Gasteiger partial charge in [-0.25, -0.2) is 0 Å². The summed E-state index contributed by atoms with van der Waals surface area (Å²) < 4.78 is 0. The van der Waals surface area contributed by atoms with Crippen LogP contribution in [0.25, 0.3) is 0 Å². The third-order valence-electron chi connectivity index (χ3n) is 4.56. The summed E-state index contributed by atoms with van der Waals surface area (Å²) in [7, 11) is 0. The third-order valence-corrected chi connectivity index (χ3v) is 4.56. The Bertz CT molecular complexity index is 471. The van der Waals surface area contributed by atoms with Crippen LogP contribution in [0.3, 0.4) is 0 Å². The molecule has 1 aromatic carbocycles. The maximum absolute atomic E-state index is 3.87. The maximum Gasteiger partial charge on any atom is 0.0243 e. The van der Waals surface area contributed by atoms with E-state index in [2.05, 4.69) is 35.1 Å². The Labute approximate surface area is 122 Å². The molecule has 2 aliphatic rings. The smallest absolute Gasteiger partial charge is 0.0243 e. The molecule has 2 heteroatoms. The Kier molecular flexibility index (Phi) is 4.04. The van der Waals surface area contributed by atoms with Gasteiger partial charge in [-0.2, -0.15) is 0 Å². The van der Waals surface area contributed by atoms with Gasteiger partial charge < -0.3 is 0 Å². The molecule has 106 valence electrons. The van der Waals surface area contributed by atoms with E-state index in [1.807, 2.05) is 12.2 Å². The van der Waals surface area contributed by atoms with Gasteiger partial charge in [0, 0.05) is 39.3 Å². The molecule has 2 heterocycles. The minimum absolute atomic E-state index is 0.999. The minimum Gasteiger partial charge on any atom is -0.295 e.